The Labute approximate surface area is 247 Å². The number of hydrogen-bond donors (Lipinski definition) is 0. The summed E-state index contributed by atoms with van der Waals surface area (Å²) in [5, 5.41) is 21.6. The number of nitro benzene ring substituents is 2. The van der Waals surface area contributed by atoms with Crippen molar-refractivity contribution >= 4 is 35.3 Å². The Morgan fingerprint density at radius 3 is 1.95 bits per heavy atom. The average Bonchev–Trinajstić information content (AvgIpc) is 3.49. The van der Waals surface area contributed by atoms with Gasteiger partial charge in [0.05, 0.1) is 9.85 Å². The monoisotopic (exact) mass is 596 g/mol. The number of carbonyl (C=O) groups is 3. The topological polar surface area (TPSA) is 178 Å². The predicted octanol–water partition coefficient (Wildman–Crippen LogP) is 3.89. The van der Waals surface area contributed by atoms with E-state index in [9.17, 15) is 34.6 Å². The van der Waals surface area contributed by atoms with Gasteiger partial charge in [-0.15, -0.1) is 0 Å². The summed E-state index contributed by atoms with van der Waals surface area (Å²) in [6.45, 7) is 4.99. The number of nitro groups is 2. The van der Waals surface area contributed by atoms with Gasteiger partial charge in [-0.2, -0.15) is 4.99 Å². The molecule has 0 aliphatic carbocycles. The van der Waals surface area contributed by atoms with Crippen molar-refractivity contribution in [3.05, 3.63) is 79.9 Å². The molecule has 2 aliphatic heterocycles. The number of rotatable bonds is 7. The highest BCUT2D eigenvalue weighted by Crippen LogP contribution is 2.23. The summed E-state index contributed by atoms with van der Waals surface area (Å²) in [4.78, 5) is 68.2. The summed E-state index contributed by atoms with van der Waals surface area (Å²) in [6.07, 6.45) is -0.237. The average molecular weight is 597 g/mol. The second kappa shape index (κ2) is 13.7. The summed E-state index contributed by atoms with van der Waals surface area (Å²) in [5.74, 6) is 0.263. The van der Waals surface area contributed by atoms with Gasteiger partial charge in [0.1, 0.15) is 25.1 Å². The van der Waals surface area contributed by atoms with Crippen molar-refractivity contribution < 1.29 is 33.7 Å². The first-order valence-electron chi connectivity index (χ1n) is 13.7. The zero-order valence-corrected chi connectivity index (χ0v) is 23.8. The van der Waals surface area contributed by atoms with E-state index in [0.29, 0.717) is 56.0 Å². The molecule has 0 saturated carbocycles. The second-order valence-corrected chi connectivity index (χ2v) is 10.3. The fourth-order valence-electron chi connectivity index (χ4n) is 5.12. The van der Waals surface area contributed by atoms with Gasteiger partial charge >= 0.3 is 12.2 Å². The molecule has 228 valence electrons. The fourth-order valence-corrected chi connectivity index (χ4v) is 5.12. The van der Waals surface area contributed by atoms with Gasteiger partial charge in [0, 0.05) is 56.5 Å². The molecule has 15 heteroatoms. The van der Waals surface area contributed by atoms with Gasteiger partial charge < -0.3 is 19.3 Å². The molecule has 0 radical (unpaired) electrons. The number of ether oxygens (including phenoxy) is 2. The molecule has 2 aromatic carbocycles. The van der Waals surface area contributed by atoms with Crippen molar-refractivity contribution in [3.63, 3.8) is 0 Å². The molecule has 0 N–H and O–H groups in total. The second-order valence-electron chi connectivity index (χ2n) is 10.3. The first kappa shape index (κ1) is 30.9. The molecular weight excluding hydrogens is 564 g/mol. The minimum Gasteiger partial charge on any atom is -0.445 e. The number of carbonyl (C=O) groups excluding carboxylic acids is 3. The van der Waals surface area contributed by atoms with Gasteiger partial charge in [-0.25, -0.2) is 9.59 Å². The highest BCUT2D eigenvalue weighted by molar-refractivity contribution is 5.91. The molecule has 2 aromatic rings. The van der Waals surface area contributed by atoms with E-state index in [1.165, 1.54) is 53.4 Å². The molecule has 0 spiro atoms. The molecule has 0 aromatic heterocycles. The van der Waals surface area contributed by atoms with Crippen LogP contribution in [-0.2, 0) is 27.5 Å². The van der Waals surface area contributed by atoms with Crippen LogP contribution in [0.25, 0.3) is 0 Å². The van der Waals surface area contributed by atoms with Gasteiger partial charge in [0.15, 0.2) is 0 Å². The number of amidine groups is 1. The molecule has 15 nitrogen and oxygen atoms in total. The number of nitrogens with zero attached hydrogens (tertiary/aromatic N) is 6. The summed E-state index contributed by atoms with van der Waals surface area (Å²) in [7, 11) is 0. The van der Waals surface area contributed by atoms with E-state index in [1.807, 2.05) is 11.8 Å². The van der Waals surface area contributed by atoms with E-state index in [4.69, 9.17) is 9.47 Å². The Kier molecular flexibility index (Phi) is 9.85. The van der Waals surface area contributed by atoms with Crippen molar-refractivity contribution in [1.29, 1.82) is 0 Å². The SMILES string of the molecule is CC(=NC(=O)OCc1ccc([N+](=O)[O-])cc1)N1CCN(C(=O)C2CCCN2C(=O)OCc2ccc([N+](=O)[O-])cc2)C[C@@H]1C. The minimum atomic E-state index is -0.796. The number of amides is 3. The molecule has 4 rings (SSSR count). The maximum absolute atomic E-state index is 13.4. The molecule has 0 bridgehead atoms. The standard InChI is InChI=1S/C28H32N6O9/c1-19-16-30(14-15-31(19)20(2)29-27(36)42-17-21-5-9-23(10-6-21)33(38)39)26(35)25-4-3-13-32(25)28(37)43-18-22-7-11-24(12-8-22)34(40)41/h5-12,19,25H,3-4,13-18H2,1-2H3/t19-,25?/m0/s1. The zero-order chi connectivity index (χ0) is 31.1. The molecule has 2 heterocycles. The summed E-state index contributed by atoms with van der Waals surface area (Å²) in [5.41, 5.74) is 1.06. The summed E-state index contributed by atoms with van der Waals surface area (Å²) >= 11 is 0. The Bertz CT molecular complexity index is 1400. The molecule has 2 saturated heterocycles. The van der Waals surface area contributed by atoms with Crippen LogP contribution in [0.2, 0.25) is 0 Å². The van der Waals surface area contributed by atoms with Crippen LogP contribution in [0, 0.1) is 20.2 Å². The maximum Gasteiger partial charge on any atom is 0.435 e. The first-order chi connectivity index (χ1) is 20.5. The maximum atomic E-state index is 13.4. The van der Waals surface area contributed by atoms with Crippen LogP contribution >= 0.6 is 0 Å². The molecule has 2 fully saturated rings. The fraction of sp³-hybridized carbons (Fsp3) is 0.429. The van der Waals surface area contributed by atoms with E-state index in [1.54, 1.807) is 11.8 Å². The Balaban J connectivity index is 1.26. The first-order valence-corrected chi connectivity index (χ1v) is 13.7. The van der Waals surface area contributed by atoms with Crippen molar-refractivity contribution in [1.82, 2.24) is 14.7 Å². The summed E-state index contributed by atoms with van der Waals surface area (Å²) in [6, 6.07) is 10.6. The van der Waals surface area contributed by atoms with Crippen LogP contribution in [0.5, 0.6) is 0 Å². The highest BCUT2D eigenvalue weighted by atomic mass is 16.6. The summed E-state index contributed by atoms with van der Waals surface area (Å²) < 4.78 is 10.6. The Morgan fingerprint density at radius 2 is 1.42 bits per heavy atom. The van der Waals surface area contributed by atoms with Crippen LogP contribution in [0.3, 0.4) is 0 Å². The van der Waals surface area contributed by atoms with Gasteiger partial charge in [0.25, 0.3) is 11.4 Å². The highest BCUT2D eigenvalue weighted by Gasteiger charge is 2.39. The third-order valence-corrected chi connectivity index (χ3v) is 7.40. The van der Waals surface area contributed by atoms with Crippen LogP contribution < -0.4 is 0 Å². The van der Waals surface area contributed by atoms with Crippen molar-refractivity contribution in [2.45, 2.75) is 52.0 Å². The lowest BCUT2D eigenvalue weighted by Crippen LogP contribution is -2.58. The van der Waals surface area contributed by atoms with Crippen LogP contribution in [0.4, 0.5) is 21.0 Å². The smallest absolute Gasteiger partial charge is 0.435 e. The number of aliphatic imine (C=N–C) groups is 1. The minimum absolute atomic E-state index is 0.0594. The zero-order valence-electron chi connectivity index (χ0n) is 23.8. The van der Waals surface area contributed by atoms with Crippen molar-refractivity contribution in [2.24, 2.45) is 4.99 Å². The number of benzene rings is 2. The number of piperazine rings is 1. The third-order valence-electron chi connectivity index (χ3n) is 7.40. The van der Waals surface area contributed by atoms with Gasteiger partial charge in [-0.05, 0) is 62.1 Å². The molecule has 3 amide bonds. The van der Waals surface area contributed by atoms with Crippen LogP contribution in [-0.4, -0.2) is 86.7 Å². The van der Waals surface area contributed by atoms with Crippen molar-refractivity contribution in [3.8, 4) is 0 Å². The van der Waals surface area contributed by atoms with E-state index < -0.39 is 28.1 Å². The number of hydrogen-bond acceptors (Lipinski definition) is 9. The van der Waals surface area contributed by atoms with E-state index in [-0.39, 0.29) is 36.5 Å². The molecule has 2 aliphatic rings. The van der Waals surface area contributed by atoms with Gasteiger partial charge in [-0.1, -0.05) is 0 Å². The molecule has 2 atom stereocenters. The van der Waals surface area contributed by atoms with E-state index in [0.717, 1.165) is 0 Å². The van der Waals surface area contributed by atoms with E-state index >= 15 is 0 Å². The van der Waals surface area contributed by atoms with Gasteiger partial charge in [0.2, 0.25) is 5.91 Å². The largest absolute Gasteiger partial charge is 0.445 e. The lowest BCUT2D eigenvalue weighted by atomic mass is 10.1. The predicted molar refractivity (Wildman–Crippen MR) is 152 cm³/mol. The van der Waals surface area contributed by atoms with Crippen LogP contribution in [0.1, 0.15) is 37.8 Å². The Morgan fingerprint density at radius 1 is 0.860 bits per heavy atom. The normalized spacial score (nSPS) is 18.7. The van der Waals surface area contributed by atoms with Crippen molar-refractivity contribution in [2.75, 3.05) is 26.2 Å². The molecule has 1 unspecified atom stereocenters. The van der Waals surface area contributed by atoms with E-state index in [2.05, 4.69) is 4.99 Å². The Hall–Kier alpha value is -5.08. The number of likely N-dealkylation sites (tertiary alicyclic amines) is 1. The lowest BCUT2D eigenvalue weighted by molar-refractivity contribution is -0.385. The van der Waals surface area contributed by atoms with Crippen LogP contribution in [0.15, 0.2) is 53.5 Å². The third kappa shape index (κ3) is 7.81. The molecule has 43 heavy (non-hydrogen) atoms. The number of non-ortho nitro benzene ring substituents is 2. The van der Waals surface area contributed by atoms with Gasteiger partial charge in [-0.3, -0.25) is 29.9 Å². The quantitative estimate of drug-likeness (QED) is 0.197. The molecular formula is C28H32N6O9. The lowest BCUT2D eigenvalue weighted by Gasteiger charge is -2.42.